The van der Waals surface area contributed by atoms with Gasteiger partial charge in [-0.3, -0.25) is 0 Å². The number of nitrogens with zero attached hydrogens (tertiary/aromatic N) is 5. The van der Waals surface area contributed by atoms with Crippen molar-refractivity contribution in [2.24, 2.45) is 0 Å². The lowest BCUT2D eigenvalue weighted by atomic mass is 9.94. The third-order valence-electron chi connectivity index (χ3n) is 9.83. The Kier molecular flexibility index (Phi) is 6.70. The number of para-hydroxylation sites is 2. The van der Waals surface area contributed by atoms with Gasteiger partial charge in [0.25, 0.3) is 0 Å². The third-order valence-corrected chi connectivity index (χ3v) is 9.83. The predicted octanol–water partition coefficient (Wildman–Crippen LogP) is 10.6. The van der Waals surface area contributed by atoms with Gasteiger partial charge in [0.1, 0.15) is 0 Å². The molecule has 6 aromatic carbocycles. The van der Waals surface area contributed by atoms with Crippen LogP contribution in [0.5, 0.6) is 0 Å². The molecule has 0 spiro atoms. The summed E-state index contributed by atoms with van der Waals surface area (Å²) in [4.78, 5) is 0. The Morgan fingerprint density at radius 3 is 2.02 bits per heavy atom. The monoisotopic (exact) mass is 637 g/mol. The Bertz CT molecular complexity index is 2860. The van der Waals surface area contributed by atoms with Crippen LogP contribution in [0.25, 0.3) is 72.4 Å². The maximum Gasteiger partial charge on any atom is 0.0992 e. The highest BCUT2D eigenvalue weighted by Gasteiger charge is 2.20. The fraction of sp³-hybridized carbons (Fsp3) is 0.0444. The molecule has 0 saturated heterocycles. The van der Waals surface area contributed by atoms with Gasteiger partial charge >= 0.3 is 0 Å². The van der Waals surface area contributed by atoms with Crippen LogP contribution in [0.2, 0.25) is 0 Å². The zero-order valence-electron chi connectivity index (χ0n) is 26.9. The van der Waals surface area contributed by atoms with Gasteiger partial charge in [0.05, 0.1) is 57.1 Å². The van der Waals surface area contributed by atoms with Gasteiger partial charge in [-0.05, 0) is 102 Å². The standard InChI is InChI=1S/C45H27N5/c46-26-29-17-19-44-40(22-29)39-12-3-6-15-43(39)50(44)45-23-30(27-47)16-18-36(45)34-21-31(28-48)20-33(24-34)32-8-7-9-35(25-32)49-41-13-4-1-10-37(41)38-11-2-5-14-42(38)49/h1-4,6-13,15-25H,5,14H2. The van der Waals surface area contributed by atoms with Gasteiger partial charge in [0, 0.05) is 38.7 Å². The first-order valence-corrected chi connectivity index (χ1v) is 16.6. The van der Waals surface area contributed by atoms with Gasteiger partial charge in [-0.15, -0.1) is 0 Å². The van der Waals surface area contributed by atoms with E-state index in [2.05, 4.69) is 106 Å². The van der Waals surface area contributed by atoms with Crippen molar-refractivity contribution in [3.8, 4) is 51.8 Å². The number of rotatable bonds is 4. The summed E-state index contributed by atoms with van der Waals surface area (Å²) in [6, 6.07) is 49.7. The molecule has 50 heavy (non-hydrogen) atoms. The Morgan fingerprint density at radius 1 is 0.500 bits per heavy atom. The zero-order chi connectivity index (χ0) is 33.8. The lowest BCUT2D eigenvalue weighted by Crippen LogP contribution is -2.03. The number of aromatic nitrogens is 2. The highest BCUT2D eigenvalue weighted by atomic mass is 15.0. The zero-order valence-corrected chi connectivity index (χ0v) is 26.9. The van der Waals surface area contributed by atoms with Crippen LogP contribution in [-0.4, -0.2) is 9.13 Å². The topological polar surface area (TPSA) is 81.2 Å². The molecule has 0 bridgehead atoms. The van der Waals surface area contributed by atoms with Gasteiger partial charge < -0.3 is 9.13 Å². The van der Waals surface area contributed by atoms with Crippen molar-refractivity contribution in [3.05, 3.63) is 161 Å². The van der Waals surface area contributed by atoms with Gasteiger partial charge in [0.15, 0.2) is 0 Å². The summed E-state index contributed by atoms with van der Waals surface area (Å²) >= 11 is 0. The number of hydrogen-bond donors (Lipinski definition) is 0. The normalized spacial score (nSPS) is 12.1. The highest BCUT2D eigenvalue weighted by Crippen LogP contribution is 2.39. The summed E-state index contributed by atoms with van der Waals surface area (Å²) in [6.45, 7) is 0. The smallest absolute Gasteiger partial charge is 0.0992 e. The quantitative estimate of drug-likeness (QED) is 0.193. The number of hydrogen-bond acceptors (Lipinski definition) is 3. The van der Waals surface area contributed by atoms with Gasteiger partial charge in [-0.1, -0.05) is 66.7 Å². The second-order valence-corrected chi connectivity index (χ2v) is 12.7. The van der Waals surface area contributed by atoms with E-state index in [0.29, 0.717) is 16.7 Å². The summed E-state index contributed by atoms with van der Waals surface area (Å²) in [6.07, 6.45) is 6.49. The molecule has 2 aromatic heterocycles. The van der Waals surface area contributed by atoms with Crippen LogP contribution in [0.1, 0.15) is 34.4 Å². The Hall–Kier alpha value is -7.13. The molecule has 0 amide bonds. The van der Waals surface area contributed by atoms with E-state index >= 15 is 0 Å². The van der Waals surface area contributed by atoms with Crippen molar-refractivity contribution >= 4 is 38.8 Å². The van der Waals surface area contributed by atoms with Crippen LogP contribution in [0, 0.1) is 34.0 Å². The number of benzene rings is 6. The highest BCUT2D eigenvalue weighted by molar-refractivity contribution is 6.10. The first-order chi connectivity index (χ1) is 24.6. The molecule has 0 radical (unpaired) electrons. The molecular weight excluding hydrogens is 611 g/mol. The third kappa shape index (κ3) is 4.52. The lowest BCUT2D eigenvalue weighted by Gasteiger charge is -2.17. The van der Waals surface area contributed by atoms with E-state index in [4.69, 9.17) is 0 Å². The van der Waals surface area contributed by atoms with Crippen molar-refractivity contribution in [1.29, 1.82) is 15.8 Å². The SMILES string of the molecule is N#Cc1cc(-c2cccc(-n3c4c(c5ccccc53)C=CCC4)c2)cc(-c2ccc(C#N)cc2-n2c3ccccc3c3cc(C#N)ccc32)c1. The number of fused-ring (bicyclic) bond motifs is 6. The summed E-state index contributed by atoms with van der Waals surface area (Å²) in [5, 5.41) is 33.2. The maximum atomic E-state index is 10.3. The van der Waals surface area contributed by atoms with E-state index in [1.54, 1.807) is 0 Å². The molecule has 0 saturated carbocycles. The van der Waals surface area contributed by atoms with Crippen molar-refractivity contribution in [1.82, 2.24) is 9.13 Å². The Morgan fingerprint density at radius 2 is 1.20 bits per heavy atom. The molecule has 0 fully saturated rings. The maximum absolute atomic E-state index is 10.3. The molecule has 9 rings (SSSR count). The largest absolute Gasteiger partial charge is 0.313 e. The number of allylic oxidation sites excluding steroid dienone is 1. The minimum absolute atomic E-state index is 0.532. The van der Waals surface area contributed by atoms with Crippen LogP contribution in [0.3, 0.4) is 0 Å². The van der Waals surface area contributed by atoms with E-state index in [9.17, 15) is 15.8 Å². The van der Waals surface area contributed by atoms with Crippen molar-refractivity contribution in [3.63, 3.8) is 0 Å². The first-order valence-electron chi connectivity index (χ1n) is 16.6. The van der Waals surface area contributed by atoms with Crippen molar-refractivity contribution in [2.45, 2.75) is 12.8 Å². The van der Waals surface area contributed by atoms with E-state index < -0.39 is 0 Å². The average molecular weight is 638 g/mol. The molecule has 5 heteroatoms. The molecule has 0 atom stereocenters. The molecule has 8 aromatic rings. The summed E-state index contributed by atoms with van der Waals surface area (Å²) in [7, 11) is 0. The fourth-order valence-electron chi connectivity index (χ4n) is 7.64. The van der Waals surface area contributed by atoms with Crippen LogP contribution in [0.4, 0.5) is 0 Å². The summed E-state index contributed by atoms with van der Waals surface area (Å²) in [5.41, 5.74) is 13.0. The van der Waals surface area contributed by atoms with Crippen LogP contribution < -0.4 is 0 Å². The molecule has 0 unspecified atom stereocenters. The average Bonchev–Trinajstić information content (AvgIpc) is 3.70. The van der Waals surface area contributed by atoms with E-state index in [0.717, 1.165) is 68.3 Å². The summed E-state index contributed by atoms with van der Waals surface area (Å²) < 4.78 is 4.54. The van der Waals surface area contributed by atoms with E-state index in [1.165, 1.54) is 22.2 Å². The van der Waals surface area contributed by atoms with Crippen molar-refractivity contribution < 1.29 is 0 Å². The molecular formula is C45H27N5. The molecule has 1 aliphatic rings. The van der Waals surface area contributed by atoms with Crippen LogP contribution >= 0.6 is 0 Å². The minimum atomic E-state index is 0.532. The molecule has 2 heterocycles. The molecule has 5 nitrogen and oxygen atoms in total. The second-order valence-electron chi connectivity index (χ2n) is 12.7. The molecule has 1 aliphatic carbocycles. The van der Waals surface area contributed by atoms with Crippen LogP contribution in [-0.2, 0) is 6.42 Å². The minimum Gasteiger partial charge on any atom is -0.313 e. The second kappa shape index (κ2) is 11.5. The first kappa shape index (κ1) is 29.0. The predicted molar refractivity (Wildman–Crippen MR) is 200 cm³/mol. The Labute approximate surface area is 289 Å². The van der Waals surface area contributed by atoms with Crippen LogP contribution in [0.15, 0.2) is 133 Å². The lowest BCUT2D eigenvalue weighted by molar-refractivity contribution is 0.889. The van der Waals surface area contributed by atoms with Gasteiger partial charge in [-0.2, -0.15) is 15.8 Å². The van der Waals surface area contributed by atoms with E-state index in [1.807, 2.05) is 60.7 Å². The number of nitriles is 3. The molecule has 0 aliphatic heterocycles. The molecule has 0 N–H and O–H groups in total. The molecule has 232 valence electrons. The fourth-order valence-corrected chi connectivity index (χ4v) is 7.64. The summed E-state index contributed by atoms with van der Waals surface area (Å²) in [5.74, 6) is 0. The Balaban J connectivity index is 1.25. The van der Waals surface area contributed by atoms with Gasteiger partial charge in [-0.25, -0.2) is 0 Å². The van der Waals surface area contributed by atoms with Crippen molar-refractivity contribution in [2.75, 3.05) is 0 Å². The van der Waals surface area contributed by atoms with E-state index in [-0.39, 0.29) is 0 Å². The van der Waals surface area contributed by atoms with Gasteiger partial charge in [0.2, 0.25) is 0 Å².